The maximum Gasteiger partial charge on any atom is 0.247 e. The first-order valence-electron chi connectivity index (χ1n) is 7.86. The third-order valence-electron chi connectivity index (χ3n) is 4.56. The van der Waals surface area contributed by atoms with Gasteiger partial charge in [-0.25, -0.2) is 0 Å². The summed E-state index contributed by atoms with van der Waals surface area (Å²) in [5.74, 6) is 1.62. The molecule has 0 aromatic heterocycles. The van der Waals surface area contributed by atoms with Crippen molar-refractivity contribution in [1.29, 1.82) is 0 Å². The van der Waals surface area contributed by atoms with E-state index >= 15 is 0 Å². The fraction of sp³-hybridized carbons (Fsp3) is 0.929. The van der Waals surface area contributed by atoms with Crippen LogP contribution < -0.4 is 16.0 Å². The molecule has 7 heteroatoms. The molecular weight excluding hydrogens is 310 g/mol. The van der Waals surface area contributed by atoms with Crippen LogP contribution in [0.4, 0.5) is 0 Å². The lowest BCUT2D eigenvalue weighted by atomic mass is 9.97. The highest BCUT2D eigenvalue weighted by Crippen LogP contribution is 2.33. The summed E-state index contributed by atoms with van der Waals surface area (Å²) >= 11 is 8.02. The lowest BCUT2D eigenvalue weighted by molar-refractivity contribution is -0.129. The molecule has 2 aliphatic heterocycles. The number of hydrogen-bond acceptors (Lipinski definition) is 5. The summed E-state index contributed by atoms with van der Waals surface area (Å²) in [7, 11) is 0. The molecule has 5 nitrogen and oxygen atoms in total. The zero-order chi connectivity index (χ0) is 14.7. The van der Waals surface area contributed by atoms with Crippen LogP contribution in [0.2, 0.25) is 0 Å². The summed E-state index contributed by atoms with van der Waals surface area (Å²) in [6.45, 7) is 0.910. The Morgan fingerprint density at radius 1 is 1.24 bits per heavy atom. The van der Waals surface area contributed by atoms with Gasteiger partial charge in [0.2, 0.25) is 5.91 Å². The molecule has 21 heavy (non-hydrogen) atoms. The molecule has 2 heterocycles. The van der Waals surface area contributed by atoms with E-state index in [2.05, 4.69) is 16.0 Å². The molecule has 1 saturated carbocycles. The molecule has 0 spiro atoms. The lowest BCUT2D eigenvalue weighted by Crippen LogP contribution is -2.61. The van der Waals surface area contributed by atoms with Gasteiger partial charge in [0.15, 0.2) is 0 Å². The standard InChI is InChI=1S/C14H24ClN3O2S/c15-9-1-3-10(4-2-9)20-7-12(19)18-13-11-5-6-21-14(11)17-8-16-13/h9-11,13-14,16-17H,1-8H2,(H,18,19). The molecule has 0 aromatic rings. The summed E-state index contributed by atoms with van der Waals surface area (Å²) in [5, 5.41) is 10.6. The zero-order valence-corrected chi connectivity index (χ0v) is 13.7. The van der Waals surface area contributed by atoms with Crippen molar-refractivity contribution in [3.8, 4) is 0 Å². The van der Waals surface area contributed by atoms with Crippen molar-refractivity contribution in [1.82, 2.24) is 16.0 Å². The number of halogens is 1. The Hall–Kier alpha value is -0.0100. The summed E-state index contributed by atoms with van der Waals surface area (Å²) in [6.07, 6.45) is 5.32. The van der Waals surface area contributed by atoms with E-state index in [1.807, 2.05) is 11.8 Å². The van der Waals surface area contributed by atoms with Crippen LogP contribution in [0, 0.1) is 5.92 Å². The number of amides is 1. The van der Waals surface area contributed by atoms with E-state index in [0.717, 1.165) is 44.5 Å². The van der Waals surface area contributed by atoms with Gasteiger partial charge in [0.05, 0.1) is 17.6 Å². The molecule has 1 aliphatic carbocycles. The van der Waals surface area contributed by atoms with Crippen molar-refractivity contribution < 1.29 is 9.53 Å². The van der Waals surface area contributed by atoms with Gasteiger partial charge in [-0.15, -0.1) is 23.4 Å². The van der Waals surface area contributed by atoms with Gasteiger partial charge in [0.1, 0.15) is 6.61 Å². The van der Waals surface area contributed by atoms with Crippen LogP contribution in [0.25, 0.3) is 0 Å². The van der Waals surface area contributed by atoms with Gasteiger partial charge in [0, 0.05) is 18.0 Å². The molecule has 0 bridgehead atoms. The van der Waals surface area contributed by atoms with E-state index < -0.39 is 0 Å². The Morgan fingerprint density at radius 2 is 2.05 bits per heavy atom. The summed E-state index contributed by atoms with van der Waals surface area (Å²) in [5.41, 5.74) is 0. The van der Waals surface area contributed by atoms with Crippen molar-refractivity contribution in [3.63, 3.8) is 0 Å². The van der Waals surface area contributed by atoms with Crippen LogP contribution in [0.15, 0.2) is 0 Å². The minimum Gasteiger partial charge on any atom is -0.368 e. The van der Waals surface area contributed by atoms with Crippen molar-refractivity contribution in [3.05, 3.63) is 0 Å². The highest BCUT2D eigenvalue weighted by molar-refractivity contribution is 8.00. The van der Waals surface area contributed by atoms with Crippen LogP contribution in [-0.4, -0.2) is 48.0 Å². The average molecular weight is 334 g/mol. The molecule has 3 fully saturated rings. The molecule has 120 valence electrons. The number of hydrogen-bond donors (Lipinski definition) is 3. The van der Waals surface area contributed by atoms with Gasteiger partial charge < -0.3 is 10.1 Å². The number of fused-ring (bicyclic) bond motifs is 1. The molecule has 3 atom stereocenters. The Labute approximate surface area is 135 Å². The van der Waals surface area contributed by atoms with E-state index in [9.17, 15) is 4.79 Å². The largest absolute Gasteiger partial charge is 0.368 e. The normalized spacial score (nSPS) is 39.8. The fourth-order valence-electron chi connectivity index (χ4n) is 3.33. The van der Waals surface area contributed by atoms with E-state index in [0.29, 0.717) is 11.3 Å². The van der Waals surface area contributed by atoms with Crippen LogP contribution in [0.3, 0.4) is 0 Å². The van der Waals surface area contributed by atoms with Gasteiger partial charge in [-0.1, -0.05) is 0 Å². The summed E-state index contributed by atoms with van der Waals surface area (Å²) < 4.78 is 5.73. The number of carbonyl (C=O) groups excluding carboxylic acids is 1. The number of thioether (sulfide) groups is 1. The third kappa shape index (κ3) is 4.26. The van der Waals surface area contributed by atoms with E-state index in [1.54, 1.807) is 0 Å². The van der Waals surface area contributed by atoms with E-state index in [-0.39, 0.29) is 30.2 Å². The number of nitrogens with one attached hydrogen (secondary N) is 3. The van der Waals surface area contributed by atoms with Gasteiger partial charge >= 0.3 is 0 Å². The number of alkyl halides is 1. The second-order valence-corrected chi connectivity index (χ2v) is 7.93. The zero-order valence-electron chi connectivity index (χ0n) is 12.1. The molecule has 3 aliphatic rings. The highest BCUT2D eigenvalue weighted by atomic mass is 35.5. The first kappa shape index (κ1) is 15.9. The minimum atomic E-state index is -0.0157. The topological polar surface area (TPSA) is 62.4 Å². The molecule has 0 radical (unpaired) electrons. The summed E-state index contributed by atoms with van der Waals surface area (Å²) in [4.78, 5) is 12.1. The predicted molar refractivity (Wildman–Crippen MR) is 85.3 cm³/mol. The Bertz CT molecular complexity index is 366. The number of ether oxygens (including phenoxy) is 1. The quantitative estimate of drug-likeness (QED) is 0.675. The fourth-order valence-corrected chi connectivity index (χ4v) is 4.99. The SMILES string of the molecule is O=C(COC1CCC(Cl)CC1)NC1NCNC2SCCC12. The van der Waals surface area contributed by atoms with Gasteiger partial charge in [-0.05, 0) is 37.9 Å². The molecule has 3 rings (SSSR count). The van der Waals surface area contributed by atoms with E-state index in [1.165, 1.54) is 0 Å². The van der Waals surface area contributed by atoms with Gasteiger partial charge in [-0.2, -0.15) is 0 Å². The lowest BCUT2D eigenvalue weighted by Gasteiger charge is -2.35. The van der Waals surface area contributed by atoms with Gasteiger partial charge in [0.25, 0.3) is 0 Å². The van der Waals surface area contributed by atoms with Crippen LogP contribution in [0.5, 0.6) is 0 Å². The van der Waals surface area contributed by atoms with Crippen molar-refractivity contribution >= 4 is 29.3 Å². The summed E-state index contributed by atoms with van der Waals surface area (Å²) in [6, 6.07) is 0. The van der Waals surface area contributed by atoms with Crippen molar-refractivity contribution in [2.24, 2.45) is 5.92 Å². The Balaban J connectivity index is 1.39. The first-order valence-corrected chi connectivity index (χ1v) is 9.34. The Kier molecular flexibility index (Phi) is 5.67. The predicted octanol–water partition coefficient (Wildman–Crippen LogP) is 1.22. The van der Waals surface area contributed by atoms with Crippen molar-refractivity contribution in [2.45, 2.75) is 55.1 Å². The molecule has 1 amide bonds. The second kappa shape index (κ2) is 7.51. The number of carbonyl (C=O) groups is 1. The van der Waals surface area contributed by atoms with E-state index in [4.69, 9.17) is 16.3 Å². The monoisotopic (exact) mass is 333 g/mol. The smallest absolute Gasteiger partial charge is 0.247 e. The van der Waals surface area contributed by atoms with Crippen molar-refractivity contribution in [2.75, 3.05) is 19.0 Å². The number of rotatable bonds is 4. The van der Waals surface area contributed by atoms with Crippen LogP contribution in [-0.2, 0) is 9.53 Å². The minimum absolute atomic E-state index is 0.0157. The average Bonchev–Trinajstić information content (AvgIpc) is 2.96. The van der Waals surface area contributed by atoms with Crippen LogP contribution >= 0.6 is 23.4 Å². The van der Waals surface area contributed by atoms with Crippen LogP contribution in [0.1, 0.15) is 32.1 Å². The Morgan fingerprint density at radius 3 is 2.86 bits per heavy atom. The highest BCUT2D eigenvalue weighted by Gasteiger charge is 2.37. The molecule has 3 unspecified atom stereocenters. The molecule has 3 N–H and O–H groups in total. The second-order valence-electron chi connectivity index (χ2n) is 6.06. The van der Waals surface area contributed by atoms with Gasteiger partial charge in [-0.3, -0.25) is 15.4 Å². The first-order chi connectivity index (χ1) is 10.2. The third-order valence-corrected chi connectivity index (χ3v) is 6.34. The maximum atomic E-state index is 12.1. The molecule has 2 saturated heterocycles. The molecular formula is C14H24ClN3O2S. The maximum absolute atomic E-state index is 12.1. The molecule has 0 aromatic carbocycles.